The predicted octanol–water partition coefficient (Wildman–Crippen LogP) is 4.83. The molecular formula is C20H11F5N4O. The molecule has 2 aromatic carbocycles. The maximum atomic E-state index is 15.0. The Morgan fingerprint density at radius 2 is 1.87 bits per heavy atom. The van der Waals surface area contributed by atoms with Crippen LogP contribution in [-0.4, -0.2) is 26.0 Å². The number of aliphatic imine (C=N–C) groups is 1. The fraction of sp³-hybridized carbons (Fsp3) is 0.100. The molecule has 0 aliphatic carbocycles. The van der Waals surface area contributed by atoms with Crippen LogP contribution in [0.2, 0.25) is 0 Å². The second-order valence-electron chi connectivity index (χ2n) is 6.79. The molecule has 10 heteroatoms. The topological polar surface area (TPSA) is 77.1 Å². The molecule has 0 saturated heterocycles. The van der Waals surface area contributed by atoms with Gasteiger partial charge in [0.15, 0.2) is 0 Å². The molecule has 0 saturated carbocycles. The minimum Gasteiger partial charge on any atom is -0.392 e. The standard InChI is InChI=1S/C20H11F5N4O/c21-12-2-1-8(7-30)17(22)16(12)19-11-5-26-13-4-9(20(23,24)25)3-10(15(11)13)18-14(28-19)6-27-29-18/h1-6,26,30H,7H2,(H,27,29). The van der Waals surface area contributed by atoms with E-state index in [2.05, 4.69) is 20.2 Å². The summed E-state index contributed by atoms with van der Waals surface area (Å²) in [7, 11) is 0. The van der Waals surface area contributed by atoms with Gasteiger partial charge in [-0.05, 0) is 18.2 Å². The Bertz CT molecular complexity index is 1350. The lowest BCUT2D eigenvalue weighted by Gasteiger charge is -2.11. The van der Waals surface area contributed by atoms with Gasteiger partial charge in [-0.2, -0.15) is 18.3 Å². The number of halogens is 5. The summed E-state index contributed by atoms with van der Waals surface area (Å²) in [6.45, 7) is -0.655. The van der Waals surface area contributed by atoms with Crippen LogP contribution in [0.15, 0.2) is 41.7 Å². The highest BCUT2D eigenvalue weighted by molar-refractivity contribution is 6.24. The van der Waals surface area contributed by atoms with E-state index < -0.39 is 35.5 Å². The number of aliphatic hydroxyl groups excluding tert-OH is 1. The molecule has 4 aromatic rings. The zero-order chi connectivity index (χ0) is 21.2. The van der Waals surface area contributed by atoms with Crippen molar-refractivity contribution in [3.63, 3.8) is 0 Å². The van der Waals surface area contributed by atoms with Gasteiger partial charge < -0.3 is 10.1 Å². The van der Waals surface area contributed by atoms with Crippen LogP contribution in [0, 0.1) is 11.6 Å². The van der Waals surface area contributed by atoms with Crippen molar-refractivity contribution in [3.05, 3.63) is 70.5 Å². The van der Waals surface area contributed by atoms with Crippen molar-refractivity contribution in [1.82, 2.24) is 15.2 Å². The van der Waals surface area contributed by atoms with Gasteiger partial charge >= 0.3 is 6.18 Å². The lowest BCUT2D eigenvalue weighted by molar-refractivity contribution is -0.137. The van der Waals surface area contributed by atoms with Gasteiger partial charge in [-0.3, -0.25) is 5.10 Å². The van der Waals surface area contributed by atoms with Crippen molar-refractivity contribution >= 4 is 22.3 Å². The van der Waals surface area contributed by atoms with Crippen molar-refractivity contribution < 1.29 is 27.1 Å². The molecule has 1 aliphatic heterocycles. The zero-order valence-corrected chi connectivity index (χ0v) is 14.9. The average Bonchev–Trinajstić information content (AvgIpc) is 3.30. The summed E-state index contributed by atoms with van der Waals surface area (Å²) in [4.78, 5) is 7.07. The molecule has 0 atom stereocenters. The van der Waals surface area contributed by atoms with Crippen LogP contribution < -0.4 is 0 Å². The first-order valence-corrected chi connectivity index (χ1v) is 8.73. The number of fused-ring (bicyclic) bond motifs is 2. The Labute approximate surface area is 164 Å². The Kier molecular flexibility index (Phi) is 3.84. The largest absolute Gasteiger partial charge is 0.416 e. The first-order valence-electron chi connectivity index (χ1n) is 8.73. The van der Waals surface area contributed by atoms with Gasteiger partial charge in [0.2, 0.25) is 0 Å². The van der Waals surface area contributed by atoms with E-state index in [4.69, 9.17) is 0 Å². The average molecular weight is 418 g/mol. The van der Waals surface area contributed by atoms with Gasteiger partial charge in [0, 0.05) is 33.8 Å². The minimum absolute atomic E-state index is 0.118. The Morgan fingerprint density at radius 3 is 2.60 bits per heavy atom. The molecule has 2 aromatic heterocycles. The van der Waals surface area contributed by atoms with Gasteiger partial charge in [-0.15, -0.1) is 0 Å². The van der Waals surface area contributed by atoms with Gasteiger partial charge in [0.25, 0.3) is 0 Å². The van der Waals surface area contributed by atoms with E-state index in [0.717, 1.165) is 24.3 Å². The molecule has 0 bridgehead atoms. The van der Waals surface area contributed by atoms with Crippen molar-refractivity contribution in [1.29, 1.82) is 0 Å². The Balaban J connectivity index is 1.89. The number of nitrogens with one attached hydrogen (secondary N) is 2. The highest BCUT2D eigenvalue weighted by Crippen LogP contribution is 2.43. The third-order valence-corrected chi connectivity index (χ3v) is 5.06. The summed E-state index contributed by atoms with van der Waals surface area (Å²) in [5.41, 5.74) is -0.782. The van der Waals surface area contributed by atoms with E-state index in [1.807, 2.05) is 0 Å². The molecule has 0 unspecified atom stereocenters. The lowest BCUT2D eigenvalue weighted by atomic mass is 9.95. The smallest absolute Gasteiger partial charge is 0.392 e. The molecule has 0 radical (unpaired) electrons. The monoisotopic (exact) mass is 418 g/mol. The van der Waals surface area contributed by atoms with Crippen molar-refractivity contribution in [2.75, 3.05) is 0 Å². The van der Waals surface area contributed by atoms with Gasteiger partial charge in [0.1, 0.15) is 17.3 Å². The van der Waals surface area contributed by atoms with Crippen LogP contribution >= 0.6 is 0 Å². The number of hydrogen-bond acceptors (Lipinski definition) is 3. The highest BCUT2D eigenvalue weighted by Gasteiger charge is 2.34. The first-order chi connectivity index (χ1) is 14.3. The van der Waals surface area contributed by atoms with Crippen LogP contribution in [0.25, 0.3) is 22.2 Å². The second-order valence-corrected chi connectivity index (χ2v) is 6.79. The summed E-state index contributed by atoms with van der Waals surface area (Å²) in [6.07, 6.45) is -1.97. The molecule has 5 rings (SSSR count). The summed E-state index contributed by atoms with van der Waals surface area (Å²) in [5, 5.41) is 16.1. The number of aliphatic hydroxyl groups is 1. The molecule has 0 amide bonds. The number of benzene rings is 2. The summed E-state index contributed by atoms with van der Waals surface area (Å²) >= 11 is 0. The number of aromatic nitrogens is 3. The molecule has 1 aliphatic rings. The third-order valence-electron chi connectivity index (χ3n) is 5.06. The molecular weight excluding hydrogens is 407 g/mol. The van der Waals surface area contributed by atoms with E-state index in [-0.39, 0.29) is 39.3 Å². The SMILES string of the molecule is OCc1ccc(F)c(C2=Nc3cn[nH]c3-c3cc(C(F)(F)F)cc4[nH]cc2c34)c1F. The summed E-state index contributed by atoms with van der Waals surface area (Å²) in [6, 6.07) is 4.00. The van der Waals surface area contributed by atoms with E-state index in [9.17, 15) is 27.1 Å². The molecule has 0 fully saturated rings. The molecule has 30 heavy (non-hydrogen) atoms. The number of nitrogens with zero attached hydrogens (tertiary/aromatic N) is 2. The summed E-state index contributed by atoms with van der Waals surface area (Å²) < 4.78 is 69.9. The molecule has 0 spiro atoms. The number of aromatic amines is 2. The van der Waals surface area contributed by atoms with Crippen molar-refractivity contribution in [2.45, 2.75) is 12.8 Å². The molecule has 3 heterocycles. The number of rotatable bonds is 2. The third kappa shape index (κ3) is 2.57. The quantitative estimate of drug-likeness (QED) is 0.359. The van der Waals surface area contributed by atoms with Crippen LogP contribution in [0.5, 0.6) is 0 Å². The fourth-order valence-electron chi connectivity index (χ4n) is 3.68. The van der Waals surface area contributed by atoms with Crippen LogP contribution in [0.3, 0.4) is 0 Å². The number of H-pyrrole nitrogens is 2. The Morgan fingerprint density at radius 1 is 1.07 bits per heavy atom. The molecule has 5 nitrogen and oxygen atoms in total. The number of hydrogen-bond donors (Lipinski definition) is 3. The van der Waals surface area contributed by atoms with E-state index >= 15 is 0 Å². The normalized spacial score (nSPS) is 13.3. The van der Waals surface area contributed by atoms with Crippen LogP contribution in [0.4, 0.5) is 27.6 Å². The van der Waals surface area contributed by atoms with E-state index in [0.29, 0.717) is 5.39 Å². The zero-order valence-electron chi connectivity index (χ0n) is 14.9. The second kappa shape index (κ2) is 6.23. The first kappa shape index (κ1) is 18.5. The Hall–Kier alpha value is -3.53. The van der Waals surface area contributed by atoms with Crippen molar-refractivity contribution in [3.8, 4) is 11.3 Å². The fourth-order valence-corrected chi connectivity index (χ4v) is 3.68. The van der Waals surface area contributed by atoms with Crippen molar-refractivity contribution in [2.24, 2.45) is 4.99 Å². The van der Waals surface area contributed by atoms with Gasteiger partial charge in [-0.1, -0.05) is 6.07 Å². The molecule has 3 N–H and O–H groups in total. The maximum Gasteiger partial charge on any atom is 0.416 e. The maximum absolute atomic E-state index is 15.0. The number of alkyl halides is 3. The van der Waals surface area contributed by atoms with Crippen LogP contribution in [-0.2, 0) is 12.8 Å². The minimum atomic E-state index is -4.60. The van der Waals surface area contributed by atoms with E-state index in [1.165, 1.54) is 12.4 Å². The van der Waals surface area contributed by atoms with Gasteiger partial charge in [-0.25, -0.2) is 13.8 Å². The van der Waals surface area contributed by atoms with Gasteiger partial charge in [0.05, 0.1) is 35.3 Å². The highest BCUT2D eigenvalue weighted by atomic mass is 19.4. The predicted molar refractivity (Wildman–Crippen MR) is 98.5 cm³/mol. The summed E-state index contributed by atoms with van der Waals surface area (Å²) in [5.74, 6) is -1.91. The lowest BCUT2D eigenvalue weighted by Crippen LogP contribution is -2.10. The van der Waals surface area contributed by atoms with E-state index in [1.54, 1.807) is 0 Å². The van der Waals surface area contributed by atoms with Crippen LogP contribution in [0.1, 0.15) is 22.3 Å². The molecule has 152 valence electrons.